The van der Waals surface area contributed by atoms with Crippen LogP contribution in [0.5, 0.6) is 5.75 Å². The second kappa shape index (κ2) is 9.31. The number of hydrogen-bond acceptors (Lipinski definition) is 7. The highest BCUT2D eigenvalue weighted by Crippen LogP contribution is 2.35. The smallest absolute Gasteiger partial charge is 0.223 e. The van der Waals surface area contributed by atoms with E-state index in [2.05, 4.69) is 38.1 Å². The van der Waals surface area contributed by atoms with E-state index in [0.29, 0.717) is 28.8 Å². The number of likely N-dealkylation sites (tertiary alicyclic amines) is 1. The number of piperidine rings is 1. The average Bonchev–Trinajstić information content (AvgIpc) is 3.22. The van der Waals surface area contributed by atoms with E-state index in [4.69, 9.17) is 4.74 Å². The van der Waals surface area contributed by atoms with E-state index >= 15 is 0 Å². The predicted octanol–water partition coefficient (Wildman–Crippen LogP) is 4.36. The summed E-state index contributed by atoms with van der Waals surface area (Å²) in [6.45, 7) is 7.24. The molecule has 0 spiro atoms. The topological polar surface area (TPSA) is 86.1 Å². The van der Waals surface area contributed by atoms with E-state index in [1.54, 1.807) is 12.3 Å². The number of hydrogen-bond donors (Lipinski definition) is 2. The molecule has 2 aromatic rings. The Bertz CT molecular complexity index is 960. The van der Waals surface area contributed by atoms with Crippen molar-refractivity contribution >= 4 is 17.2 Å². The number of allylic oxidation sites excluding steroid dienone is 2. The SMILES string of the molecule is C=C(CCCNc1nccc(/C(C#N)=C2/Nc3ccccc3O2)n1)N1CCCCC1. The van der Waals surface area contributed by atoms with E-state index in [9.17, 15) is 5.26 Å². The highest BCUT2D eigenvalue weighted by molar-refractivity contribution is 5.81. The zero-order valence-corrected chi connectivity index (χ0v) is 17.0. The van der Waals surface area contributed by atoms with Gasteiger partial charge in [0.25, 0.3) is 0 Å². The number of anilines is 2. The molecule has 2 aliphatic heterocycles. The highest BCUT2D eigenvalue weighted by atomic mass is 16.5. The average molecular weight is 403 g/mol. The Hall–Kier alpha value is -3.53. The molecule has 0 bridgehead atoms. The molecule has 0 radical (unpaired) electrons. The monoisotopic (exact) mass is 402 g/mol. The number of nitrogens with zero attached hydrogens (tertiary/aromatic N) is 4. The van der Waals surface area contributed by atoms with Crippen LogP contribution in [0.2, 0.25) is 0 Å². The molecule has 30 heavy (non-hydrogen) atoms. The van der Waals surface area contributed by atoms with Crippen molar-refractivity contribution < 1.29 is 4.74 Å². The molecule has 1 fully saturated rings. The standard InChI is InChI=1S/C23H26N6O/c1-17(29-14-5-2-6-15-29)8-7-12-25-23-26-13-11-19(28-23)18(16-24)22-27-20-9-3-4-10-21(20)30-22/h3-4,9-11,13,27H,1-2,5-8,12,14-15H2,(H,25,26,28)/b22-18-. The van der Waals surface area contributed by atoms with Crippen LogP contribution >= 0.6 is 0 Å². The van der Waals surface area contributed by atoms with Gasteiger partial charge in [-0.15, -0.1) is 0 Å². The molecule has 1 aromatic heterocycles. The lowest BCUT2D eigenvalue weighted by atomic mass is 10.1. The van der Waals surface area contributed by atoms with Crippen LogP contribution in [0.1, 0.15) is 37.8 Å². The summed E-state index contributed by atoms with van der Waals surface area (Å²) in [6.07, 6.45) is 7.41. The Balaban J connectivity index is 1.35. The zero-order valence-electron chi connectivity index (χ0n) is 17.0. The lowest BCUT2D eigenvalue weighted by Gasteiger charge is -2.30. The maximum Gasteiger partial charge on any atom is 0.223 e. The van der Waals surface area contributed by atoms with Crippen molar-refractivity contribution in [2.24, 2.45) is 0 Å². The molecule has 2 N–H and O–H groups in total. The van der Waals surface area contributed by atoms with Gasteiger partial charge in [0.2, 0.25) is 11.8 Å². The Labute approximate surface area is 177 Å². The Kier molecular flexibility index (Phi) is 6.14. The van der Waals surface area contributed by atoms with Crippen LogP contribution in [0.4, 0.5) is 11.6 Å². The molecule has 0 saturated carbocycles. The Morgan fingerprint density at radius 1 is 1.23 bits per heavy atom. The zero-order chi connectivity index (χ0) is 20.8. The second-order valence-corrected chi connectivity index (χ2v) is 7.45. The van der Waals surface area contributed by atoms with Gasteiger partial charge in [0.05, 0.1) is 11.4 Å². The summed E-state index contributed by atoms with van der Waals surface area (Å²) in [5.41, 5.74) is 2.91. The highest BCUT2D eigenvalue weighted by Gasteiger charge is 2.22. The molecule has 0 unspecified atom stereocenters. The van der Waals surface area contributed by atoms with Crippen molar-refractivity contribution in [3.63, 3.8) is 0 Å². The van der Waals surface area contributed by atoms with Crippen molar-refractivity contribution in [2.75, 3.05) is 30.3 Å². The Morgan fingerprint density at radius 2 is 2.07 bits per heavy atom. The van der Waals surface area contributed by atoms with Gasteiger partial charge in [-0.05, 0) is 50.3 Å². The first-order chi connectivity index (χ1) is 14.7. The van der Waals surface area contributed by atoms with E-state index in [1.165, 1.54) is 25.0 Å². The van der Waals surface area contributed by atoms with Crippen LogP contribution in [0, 0.1) is 11.3 Å². The molecule has 154 valence electrons. The Morgan fingerprint density at radius 3 is 2.87 bits per heavy atom. The summed E-state index contributed by atoms with van der Waals surface area (Å²) in [6, 6.07) is 11.5. The van der Waals surface area contributed by atoms with Crippen molar-refractivity contribution in [1.29, 1.82) is 5.26 Å². The molecule has 7 heteroatoms. The molecule has 2 aliphatic rings. The molecule has 0 atom stereocenters. The van der Waals surface area contributed by atoms with E-state index in [0.717, 1.165) is 38.2 Å². The summed E-state index contributed by atoms with van der Waals surface area (Å²) >= 11 is 0. The van der Waals surface area contributed by atoms with Gasteiger partial charge in [-0.3, -0.25) is 0 Å². The van der Waals surface area contributed by atoms with Crippen LogP contribution in [0.3, 0.4) is 0 Å². The van der Waals surface area contributed by atoms with E-state index in [1.807, 2.05) is 24.3 Å². The minimum atomic E-state index is 0.343. The van der Waals surface area contributed by atoms with Gasteiger partial charge in [-0.2, -0.15) is 5.26 Å². The van der Waals surface area contributed by atoms with E-state index in [-0.39, 0.29) is 0 Å². The first-order valence-electron chi connectivity index (χ1n) is 10.4. The summed E-state index contributed by atoms with van der Waals surface area (Å²) in [5, 5.41) is 16.1. The first-order valence-corrected chi connectivity index (χ1v) is 10.4. The quantitative estimate of drug-likeness (QED) is 0.525. The number of aromatic nitrogens is 2. The third-order valence-corrected chi connectivity index (χ3v) is 5.33. The van der Waals surface area contributed by atoms with Gasteiger partial charge < -0.3 is 20.3 Å². The molecule has 7 nitrogen and oxygen atoms in total. The largest absolute Gasteiger partial charge is 0.437 e. The normalized spacial score (nSPS) is 16.7. The summed E-state index contributed by atoms with van der Waals surface area (Å²) in [7, 11) is 0. The van der Waals surface area contributed by atoms with Gasteiger partial charge >= 0.3 is 0 Å². The number of para-hydroxylation sites is 2. The molecular formula is C23H26N6O. The maximum absolute atomic E-state index is 9.69. The fourth-order valence-electron chi connectivity index (χ4n) is 3.70. The number of nitriles is 1. The van der Waals surface area contributed by atoms with Crippen LogP contribution in [0.15, 0.2) is 54.7 Å². The number of nitrogens with one attached hydrogen (secondary N) is 2. The van der Waals surface area contributed by atoms with Gasteiger partial charge in [-0.1, -0.05) is 18.7 Å². The number of rotatable bonds is 7. The molecule has 0 amide bonds. The summed E-state index contributed by atoms with van der Waals surface area (Å²) in [4.78, 5) is 11.2. The van der Waals surface area contributed by atoms with Crippen LogP contribution in [-0.4, -0.2) is 34.5 Å². The predicted molar refractivity (Wildman–Crippen MR) is 118 cm³/mol. The lowest BCUT2D eigenvalue weighted by molar-refractivity contribution is 0.277. The fourth-order valence-corrected chi connectivity index (χ4v) is 3.70. The van der Waals surface area contributed by atoms with Crippen LogP contribution < -0.4 is 15.4 Å². The molecule has 0 aliphatic carbocycles. The van der Waals surface area contributed by atoms with Gasteiger partial charge in [0.1, 0.15) is 11.6 Å². The first kappa shape index (κ1) is 19.8. The third-order valence-electron chi connectivity index (χ3n) is 5.33. The number of fused-ring (bicyclic) bond motifs is 1. The molecule has 1 saturated heterocycles. The maximum atomic E-state index is 9.69. The number of benzene rings is 1. The molecule has 4 rings (SSSR count). The number of ether oxygens (including phenoxy) is 1. The fraction of sp³-hybridized carbons (Fsp3) is 0.348. The third kappa shape index (κ3) is 4.54. The lowest BCUT2D eigenvalue weighted by Crippen LogP contribution is -2.28. The van der Waals surface area contributed by atoms with E-state index < -0.39 is 0 Å². The second-order valence-electron chi connectivity index (χ2n) is 7.45. The summed E-state index contributed by atoms with van der Waals surface area (Å²) in [5.74, 6) is 1.59. The molecule has 1 aromatic carbocycles. The van der Waals surface area contributed by atoms with Gasteiger partial charge in [0, 0.05) is 31.5 Å². The van der Waals surface area contributed by atoms with Gasteiger partial charge in [0.15, 0.2) is 5.75 Å². The van der Waals surface area contributed by atoms with Crippen molar-refractivity contribution in [3.05, 3.63) is 60.4 Å². The van der Waals surface area contributed by atoms with Crippen LogP contribution in [-0.2, 0) is 0 Å². The molecule has 3 heterocycles. The minimum Gasteiger partial charge on any atom is -0.437 e. The molecular weight excluding hydrogens is 376 g/mol. The van der Waals surface area contributed by atoms with Crippen LogP contribution in [0.25, 0.3) is 5.57 Å². The van der Waals surface area contributed by atoms with Gasteiger partial charge in [-0.25, -0.2) is 9.97 Å². The summed E-state index contributed by atoms with van der Waals surface area (Å²) < 4.78 is 5.79. The minimum absolute atomic E-state index is 0.343. The van der Waals surface area contributed by atoms with Crippen molar-refractivity contribution in [2.45, 2.75) is 32.1 Å². The van der Waals surface area contributed by atoms with Crippen molar-refractivity contribution in [3.8, 4) is 11.8 Å². The van der Waals surface area contributed by atoms with Crippen molar-refractivity contribution in [1.82, 2.24) is 14.9 Å².